The Morgan fingerprint density at radius 2 is 2.10 bits per heavy atom. The van der Waals surface area contributed by atoms with Gasteiger partial charge < -0.3 is 0 Å². The van der Waals surface area contributed by atoms with Crippen LogP contribution >= 0.6 is 0 Å². The van der Waals surface area contributed by atoms with E-state index in [0.29, 0.717) is 5.92 Å². The monoisotopic (exact) mass is 131 g/mol. The first-order chi connectivity index (χ1) is 4.84. The van der Waals surface area contributed by atoms with Crippen LogP contribution in [-0.4, -0.2) is 0 Å². The fourth-order valence-corrected chi connectivity index (χ4v) is 0.839. The maximum absolute atomic E-state index is 3.73. The molecule has 0 spiro atoms. The number of benzene rings is 1. The van der Waals surface area contributed by atoms with Crippen LogP contribution in [0.2, 0.25) is 0 Å². The van der Waals surface area contributed by atoms with E-state index in [9.17, 15) is 0 Å². The van der Waals surface area contributed by atoms with Gasteiger partial charge >= 0.3 is 0 Å². The van der Waals surface area contributed by atoms with Crippen LogP contribution in [0.3, 0.4) is 0 Å². The molecule has 0 heteroatoms. The number of allylic oxidation sites excluding steroid dienone is 1. The van der Waals surface area contributed by atoms with Crippen molar-refractivity contribution in [2.45, 2.75) is 12.8 Å². The summed E-state index contributed by atoms with van der Waals surface area (Å²) in [5.74, 6) is 0.453. The molecule has 1 radical (unpaired) electrons. The lowest BCUT2D eigenvalue weighted by atomic mass is 10.0. The SMILES string of the molecule is C=CC(C)c1cc[c]cc1. The molecule has 0 bridgehead atoms. The average Bonchev–Trinajstić information content (AvgIpc) is 2.05. The van der Waals surface area contributed by atoms with Crippen molar-refractivity contribution < 1.29 is 0 Å². The third kappa shape index (κ3) is 1.47. The van der Waals surface area contributed by atoms with Crippen molar-refractivity contribution in [3.63, 3.8) is 0 Å². The molecule has 0 aliphatic heterocycles. The lowest BCUT2D eigenvalue weighted by Gasteiger charge is -2.03. The fourth-order valence-electron chi connectivity index (χ4n) is 0.839. The van der Waals surface area contributed by atoms with E-state index in [1.54, 1.807) is 0 Å². The Labute approximate surface area is 62.2 Å². The first-order valence-electron chi connectivity index (χ1n) is 3.43. The predicted octanol–water partition coefficient (Wildman–Crippen LogP) is 2.78. The highest BCUT2D eigenvalue weighted by molar-refractivity contribution is 5.21. The molecule has 10 heavy (non-hydrogen) atoms. The third-order valence-electron chi connectivity index (χ3n) is 1.62. The summed E-state index contributed by atoms with van der Waals surface area (Å²) >= 11 is 0. The van der Waals surface area contributed by atoms with E-state index in [2.05, 4.69) is 31.7 Å². The van der Waals surface area contributed by atoms with Gasteiger partial charge in [-0.15, -0.1) is 6.58 Å². The number of rotatable bonds is 2. The molecule has 1 aromatic rings. The summed E-state index contributed by atoms with van der Waals surface area (Å²) in [6, 6.07) is 11.0. The van der Waals surface area contributed by atoms with E-state index >= 15 is 0 Å². The van der Waals surface area contributed by atoms with E-state index in [-0.39, 0.29) is 0 Å². The molecular formula is C10H11. The van der Waals surface area contributed by atoms with Crippen LogP contribution in [0, 0.1) is 6.07 Å². The zero-order valence-corrected chi connectivity index (χ0v) is 6.17. The quantitative estimate of drug-likeness (QED) is 0.541. The minimum absolute atomic E-state index is 0.453. The lowest BCUT2D eigenvalue weighted by molar-refractivity contribution is 0.971. The molecule has 0 aliphatic carbocycles. The van der Waals surface area contributed by atoms with Gasteiger partial charge in [-0.2, -0.15) is 0 Å². The molecule has 0 saturated heterocycles. The van der Waals surface area contributed by atoms with Crippen LogP contribution in [0.1, 0.15) is 18.4 Å². The second-order valence-corrected chi connectivity index (χ2v) is 2.36. The van der Waals surface area contributed by atoms with E-state index in [1.165, 1.54) is 5.56 Å². The highest BCUT2D eigenvalue weighted by Gasteiger charge is 1.96. The van der Waals surface area contributed by atoms with E-state index < -0.39 is 0 Å². The van der Waals surface area contributed by atoms with Crippen molar-refractivity contribution in [2.24, 2.45) is 0 Å². The Morgan fingerprint density at radius 3 is 2.60 bits per heavy atom. The van der Waals surface area contributed by atoms with Gasteiger partial charge in [0.2, 0.25) is 0 Å². The molecule has 51 valence electrons. The van der Waals surface area contributed by atoms with Gasteiger partial charge in [0.05, 0.1) is 0 Å². The lowest BCUT2D eigenvalue weighted by Crippen LogP contribution is -1.85. The van der Waals surface area contributed by atoms with Crippen LogP contribution in [0.4, 0.5) is 0 Å². The number of hydrogen-bond acceptors (Lipinski definition) is 0. The molecule has 1 atom stereocenters. The first-order valence-corrected chi connectivity index (χ1v) is 3.43. The van der Waals surface area contributed by atoms with Gasteiger partial charge in [-0.3, -0.25) is 0 Å². The molecular weight excluding hydrogens is 120 g/mol. The van der Waals surface area contributed by atoms with Crippen LogP contribution in [0.5, 0.6) is 0 Å². The Hall–Kier alpha value is -1.04. The molecule has 1 rings (SSSR count). The summed E-state index contributed by atoms with van der Waals surface area (Å²) in [4.78, 5) is 0. The van der Waals surface area contributed by atoms with Gasteiger partial charge in [-0.1, -0.05) is 37.3 Å². The van der Waals surface area contributed by atoms with Gasteiger partial charge in [0.1, 0.15) is 0 Å². The van der Waals surface area contributed by atoms with Crippen LogP contribution in [0.15, 0.2) is 36.9 Å². The molecule has 0 aliphatic rings. The largest absolute Gasteiger partial charge is 0.102 e. The molecule has 0 N–H and O–H groups in total. The Kier molecular flexibility index (Phi) is 2.27. The second kappa shape index (κ2) is 3.21. The zero-order valence-electron chi connectivity index (χ0n) is 6.17. The smallest absolute Gasteiger partial charge is 0.00131 e. The topological polar surface area (TPSA) is 0 Å². The van der Waals surface area contributed by atoms with E-state index in [1.807, 2.05) is 18.2 Å². The van der Waals surface area contributed by atoms with E-state index in [0.717, 1.165) is 0 Å². The van der Waals surface area contributed by atoms with Crippen molar-refractivity contribution >= 4 is 0 Å². The zero-order chi connectivity index (χ0) is 7.40. The highest BCUT2D eigenvalue weighted by Crippen LogP contribution is 2.13. The van der Waals surface area contributed by atoms with Crippen molar-refractivity contribution in [1.29, 1.82) is 0 Å². The summed E-state index contributed by atoms with van der Waals surface area (Å²) in [5.41, 5.74) is 1.30. The number of hydrogen-bond donors (Lipinski definition) is 0. The molecule has 0 saturated carbocycles. The fraction of sp³-hybridized carbons (Fsp3) is 0.200. The predicted molar refractivity (Wildman–Crippen MR) is 43.9 cm³/mol. The summed E-state index contributed by atoms with van der Waals surface area (Å²) < 4.78 is 0. The summed E-state index contributed by atoms with van der Waals surface area (Å²) in [7, 11) is 0. The van der Waals surface area contributed by atoms with E-state index in [4.69, 9.17) is 0 Å². The summed E-state index contributed by atoms with van der Waals surface area (Å²) in [6.45, 7) is 5.85. The maximum atomic E-state index is 3.73. The van der Waals surface area contributed by atoms with Crippen LogP contribution < -0.4 is 0 Å². The third-order valence-corrected chi connectivity index (χ3v) is 1.62. The van der Waals surface area contributed by atoms with Gasteiger partial charge in [0.25, 0.3) is 0 Å². The normalized spacial score (nSPS) is 12.5. The Bertz CT molecular complexity index is 199. The van der Waals surface area contributed by atoms with Crippen molar-refractivity contribution in [1.82, 2.24) is 0 Å². The first kappa shape index (κ1) is 7.07. The second-order valence-electron chi connectivity index (χ2n) is 2.36. The standard InChI is InChI=1S/C10H11/c1-3-9(2)10-7-5-4-6-8-10/h3,5-9H,1H2,2H3. The van der Waals surface area contributed by atoms with Gasteiger partial charge in [0, 0.05) is 0 Å². The molecule has 0 aromatic heterocycles. The van der Waals surface area contributed by atoms with Crippen LogP contribution in [0.25, 0.3) is 0 Å². The van der Waals surface area contributed by atoms with Gasteiger partial charge in [-0.25, -0.2) is 0 Å². The molecule has 1 aromatic carbocycles. The van der Waals surface area contributed by atoms with Gasteiger partial charge in [0.15, 0.2) is 0 Å². The molecule has 0 heterocycles. The highest BCUT2D eigenvalue weighted by atomic mass is 14.0. The van der Waals surface area contributed by atoms with Crippen molar-refractivity contribution in [3.05, 3.63) is 48.6 Å². The minimum atomic E-state index is 0.453. The minimum Gasteiger partial charge on any atom is -0.102 e. The Morgan fingerprint density at radius 1 is 1.50 bits per heavy atom. The van der Waals surface area contributed by atoms with Crippen molar-refractivity contribution in [3.8, 4) is 0 Å². The summed E-state index contributed by atoms with van der Waals surface area (Å²) in [6.07, 6.45) is 1.94. The molecule has 0 nitrogen and oxygen atoms in total. The van der Waals surface area contributed by atoms with Gasteiger partial charge in [-0.05, 0) is 17.5 Å². The van der Waals surface area contributed by atoms with Crippen molar-refractivity contribution in [2.75, 3.05) is 0 Å². The Balaban J connectivity index is 2.84. The summed E-state index contributed by atoms with van der Waals surface area (Å²) in [5, 5.41) is 0. The molecule has 0 fully saturated rings. The van der Waals surface area contributed by atoms with Crippen LogP contribution in [-0.2, 0) is 0 Å². The molecule has 1 unspecified atom stereocenters. The maximum Gasteiger partial charge on any atom is -0.00131 e. The molecule has 0 amide bonds. The average molecular weight is 131 g/mol.